The third-order valence-corrected chi connectivity index (χ3v) is 7.91. The summed E-state index contributed by atoms with van der Waals surface area (Å²) in [5.74, 6) is 0.989. The standard InChI is InChI=1S/C29H40N8O/c1-5-31-29(32-19(3)18-36(6-2)21-11-14-30-15-12-21)37-16-13-24-27(20(37)4)23-17-25(34-35-28(23)33-24)22-9-7-8-10-26(22)38/h5,7-10,17,19-21,30,38H,6,11-16,18H2,1-4H3,(H,33,35)/b31-5-,32-29+/t19?,20-/m0/s1. The number of aromatic amines is 1. The Balaban J connectivity index is 1.42. The highest BCUT2D eigenvalue weighted by atomic mass is 16.3. The number of guanidine groups is 1. The predicted octanol–water partition coefficient (Wildman–Crippen LogP) is 4.16. The van der Waals surface area contributed by atoms with Gasteiger partial charge < -0.3 is 20.3 Å². The third-order valence-electron chi connectivity index (χ3n) is 7.91. The molecule has 9 heteroatoms. The summed E-state index contributed by atoms with van der Waals surface area (Å²) >= 11 is 0. The molecule has 3 aromatic rings. The van der Waals surface area contributed by atoms with E-state index >= 15 is 0 Å². The van der Waals surface area contributed by atoms with Crippen molar-refractivity contribution in [1.82, 2.24) is 30.3 Å². The number of aromatic hydroxyl groups is 1. The van der Waals surface area contributed by atoms with Gasteiger partial charge in [0.2, 0.25) is 5.96 Å². The van der Waals surface area contributed by atoms with E-state index in [1.807, 2.05) is 37.4 Å². The monoisotopic (exact) mass is 516 g/mol. The second-order valence-electron chi connectivity index (χ2n) is 10.4. The molecule has 2 aliphatic heterocycles. The first-order valence-corrected chi connectivity index (χ1v) is 13.9. The lowest BCUT2D eigenvalue weighted by Crippen LogP contribution is -2.45. The minimum atomic E-state index is 0.0651. The van der Waals surface area contributed by atoms with Crippen molar-refractivity contribution >= 4 is 23.2 Å². The Morgan fingerprint density at radius 3 is 2.79 bits per heavy atom. The molecule has 1 unspecified atom stereocenters. The van der Waals surface area contributed by atoms with Gasteiger partial charge in [0.15, 0.2) is 5.65 Å². The average Bonchev–Trinajstić information content (AvgIpc) is 3.31. The number of hydrogen-bond acceptors (Lipinski definition) is 6. The van der Waals surface area contributed by atoms with E-state index in [1.165, 1.54) is 24.1 Å². The summed E-state index contributed by atoms with van der Waals surface area (Å²) in [6.07, 6.45) is 5.09. The summed E-state index contributed by atoms with van der Waals surface area (Å²) in [6, 6.07) is 10.1. The molecule has 202 valence electrons. The molecule has 3 N–H and O–H groups in total. The zero-order valence-corrected chi connectivity index (χ0v) is 23.0. The van der Waals surface area contributed by atoms with Gasteiger partial charge in [0.05, 0.1) is 17.8 Å². The van der Waals surface area contributed by atoms with E-state index in [1.54, 1.807) is 6.07 Å². The van der Waals surface area contributed by atoms with Gasteiger partial charge in [-0.3, -0.25) is 4.90 Å². The highest BCUT2D eigenvalue weighted by Crippen LogP contribution is 2.37. The molecule has 1 fully saturated rings. The first-order valence-electron chi connectivity index (χ1n) is 13.9. The number of phenols is 1. The molecule has 0 spiro atoms. The van der Waals surface area contributed by atoms with Crippen LogP contribution < -0.4 is 5.32 Å². The molecule has 1 saturated heterocycles. The van der Waals surface area contributed by atoms with Crippen LogP contribution in [0.3, 0.4) is 0 Å². The molecule has 1 aromatic carbocycles. The van der Waals surface area contributed by atoms with Gasteiger partial charge in [-0.25, -0.2) is 9.98 Å². The quantitative estimate of drug-likeness (QED) is 0.336. The van der Waals surface area contributed by atoms with E-state index in [-0.39, 0.29) is 17.8 Å². The van der Waals surface area contributed by atoms with Crippen molar-refractivity contribution in [2.24, 2.45) is 9.98 Å². The van der Waals surface area contributed by atoms with E-state index in [4.69, 9.17) is 9.98 Å². The fraction of sp³-hybridized carbons (Fsp3) is 0.517. The number of likely N-dealkylation sites (N-methyl/N-ethyl adjacent to an activating group) is 1. The number of phenolic OH excluding ortho intramolecular Hbond substituents is 1. The number of piperidine rings is 1. The van der Waals surface area contributed by atoms with Gasteiger partial charge in [-0.05, 0) is 71.4 Å². The molecule has 2 aromatic heterocycles. The van der Waals surface area contributed by atoms with Gasteiger partial charge in [0.25, 0.3) is 0 Å². The van der Waals surface area contributed by atoms with Gasteiger partial charge >= 0.3 is 0 Å². The number of aromatic nitrogens is 3. The number of nitrogens with zero attached hydrogens (tertiary/aromatic N) is 6. The Hall–Kier alpha value is -3.30. The molecular weight excluding hydrogens is 476 g/mol. The van der Waals surface area contributed by atoms with Crippen LogP contribution in [0.25, 0.3) is 22.3 Å². The van der Waals surface area contributed by atoms with Crippen LogP contribution >= 0.6 is 0 Å². The average molecular weight is 517 g/mol. The molecule has 9 nitrogen and oxygen atoms in total. The van der Waals surface area contributed by atoms with E-state index < -0.39 is 0 Å². The largest absolute Gasteiger partial charge is 0.507 e. The molecule has 0 aliphatic carbocycles. The van der Waals surface area contributed by atoms with Crippen LogP contribution in [0.2, 0.25) is 0 Å². The Labute approximate surface area is 225 Å². The molecule has 0 saturated carbocycles. The number of aliphatic imine (C=N–C) groups is 2. The normalized spacial score (nSPS) is 20.0. The Morgan fingerprint density at radius 1 is 1.26 bits per heavy atom. The van der Waals surface area contributed by atoms with Crippen molar-refractivity contribution in [1.29, 1.82) is 0 Å². The van der Waals surface area contributed by atoms with Gasteiger partial charge in [-0.2, -0.15) is 0 Å². The van der Waals surface area contributed by atoms with Crippen LogP contribution in [0.5, 0.6) is 5.75 Å². The van der Waals surface area contributed by atoms with Crippen molar-refractivity contribution < 1.29 is 5.11 Å². The Kier molecular flexibility index (Phi) is 8.04. The van der Waals surface area contributed by atoms with E-state index in [2.05, 4.69) is 51.1 Å². The highest BCUT2D eigenvalue weighted by molar-refractivity contribution is 5.90. The second kappa shape index (κ2) is 11.6. The molecule has 0 bridgehead atoms. The molecule has 0 radical (unpaired) electrons. The minimum absolute atomic E-state index is 0.0651. The zero-order chi connectivity index (χ0) is 26.6. The van der Waals surface area contributed by atoms with Crippen LogP contribution in [-0.4, -0.2) is 87.1 Å². The number of para-hydroxylation sites is 1. The SMILES string of the molecule is C/C=N\C(=N/C(C)CN(CC)C1CCNCC1)N1CCc2[nH]c3nnc(-c4ccccc4O)cc3c2[C@@H]1C. The van der Waals surface area contributed by atoms with Crippen LogP contribution in [0.1, 0.15) is 57.8 Å². The van der Waals surface area contributed by atoms with Crippen molar-refractivity contribution in [3.05, 3.63) is 41.6 Å². The van der Waals surface area contributed by atoms with Crippen molar-refractivity contribution in [2.45, 2.75) is 65.1 Å². The number of hydrogen-bond donors (Lipinski definition) is 3. The van der Waals surface area contributed by atoms with Crippen LogP contribution in [0, 0.1) is 0 Å². The maximum Gasteiger partial charge on any atom is 0.221 e. The maximum absolute atomic E-state index is 10.4. The molecule has 2 atom stereocenters. The summed E-state index contributed by atoms with van der Waals surface area (Å²) in [5, 5.41) is 23.7. The van der Waals surface area contributed by atoms with Crippen molar-refractivity contribution in [3.8, 4) is 17.0 Å². The highest BCUT2D eigenvalue weighted by Gasteiger charge is 2.31. The van der Waals surface area contributed by atoms with E-state index in [0.717, 1.165) is 56.1 Å². The first kappa shape index (κ1) is 26.3. The summed E-state index contributed by atoms with van der Waals surface area (Å²) in [6.45, 7) is 13.6. The number of rotatable bonds is 6. The van der Waals surface area contributed by atoms with Gasteiger partial charge in [-0.1, -0.05) is 19.1 Å². The molecule has 38 heavy (non-hydrogen) atoms. The van der Waals surface area contributed by atoms with Crippen molar-refractivity contribution in [3.63, 3.8) is 0 Å². The third kappa shape index (κ3) is 5.31. The lowest BCUT2D eigenvalue weighted by atomic mass is 9.97. The zero-order valence-electron chi connectivity index (χ0n) is 23.0. The summed E-state index contributed by atoms with van der Waals surface area (Å²) in [7, 11) is 0. The number of fused-ring (bicyclic) bond motifs is 3. The lowest BCUT2D eigenvalue weighted by Gasteiger charge is -2.36. The number of benzene rings is 1. The molecule has 4 heterocycles. The fourth-order valence-electron chi connectivity index (χ4n) is 6.00. The molecule has 0 amide bonds. The van der Waals surface area contributed by atoms with Crippen LogP contribution in [0.4, 0.5) is 0 Å². The van der Waals surface area contributed by atoms with Gasteiger partial charge in [0, 0.05) is 54.0 Å². The van der Waals surface area contributed by atoms with Crippen LogP contribution in [-0.2, 0) is 6.42 Å². The molecule has 2 aliphatic rings. The summed E-state index contributed by atoms with van der Waals surface area (Å²) < 4.78 is 0. The number of H-pyrrole nitrogens is 1. The molecular formula is C29H40N8O. The predicted molar refractivity (Wildman–Crippen MR) is 154 cm³/mol. The van der Waals surface area contributed by atoms with Crippen molar-refractivity contribution in [2.75, 3.05) is 32.7 Å². The Bertz CT molecular complexity index is 1310. The first-order chi connectivity index (χ1) is 18.5. The second-order valence-corrected chi connectivity index (χ2v) is 10.4. The lowest BCUT2D eigenvalue weighted by molar-refractivity contribution is 0.163. The minimum Gasteiger partial charge on any atom is -0.507 e. The summed E-state index contributed by atoms with van der Waals surface area (Å²) in [5.41, 5.74) is 4.50. The van der Waals surface area contributed by atoms with Gasteiger partial charge in [0.1, 0.15) is 5.75 Å². The number of nitrogens with one attached hydrogen (secondary N) is 2. The van der Waals surface area contributed by atoms with E-state index in [0.29, 0.717) is 17.3 Å². The fourth-order valence-corrected chi connectivity index (χ4v) is 6.00. The smallest absolute Gasteiger partial charge is 0.221 e. The molecule has 5 rings (SSSR count). The van der Waals surface area contributed by atoms with E-state index in [9.17, 15) is 5.11 Å². The topological polar surface area (TPSA) is 105 Å². The summed E-state index contributed by atoms with van der Waals surface area (Å²) in [4.78, 5) is 18.3. The van der Waals surface area contributed by atoms with Crippen LogP contribution in [0.15, 0.2) is 40.3 Å². The Morgan fingerprint density at radius 2 is 2.05 bits per heavy atom. The van der Waals surface area contributed by atoms with Gasteiger partial charge in [-0.15, -0.1) is 10.2 Å². The maximum atomic E-state index is 10.4.